The number of hydrogen-bond donors (Lipinski definition) is 1. The molecule has 2 heterocycles. The summed E-state index contributed by atoms with van der Waals surface area (Å²) in [5.74, 6) is 1.28. The van der Waals surface area contributed by atoms with Crippen LogP contribution in [-0.2, 0) is 6.42 Å². The predicted molar refractivity (Wildman–Crippen MR) is 74.2 cm³/mol. The normalized spacial score (nSPS) is 12.5. The van der Waals surface area contributed by atoms with Crippen LogP contribution in [0.5, 0.6) is 11.5 Å². The molecule has 1 amide bonds. The minimum absolute atomic E-state index is 0.0939. The summed E-state index contributed by atoms with van der Waals surface area (Å²) in [6, 6.07) is 9.21. The summed E-state index contributed by atoms with van der Waals surface area (Å²) in [4.78, 5) is 14.0. The molecule has 0 atom stereocenters. The summed E-state index contributed by atoms with van der Waals surface area (Å²) in [6.07, 6.45) is 0.946. The zero-order valence-corrected chi connectivity index (χ0v) is 11.3. The molecule has 98 valence electrons. The van der Waals surface area contributed by atoms with E-state index in [1.165, 1.54) is 16.2 Å². The van der Waals surface area contributed by atoms with E-state index in [-0.39, 0.29) is 12.7 Å². The van der Waals surface area contributed by atoms with Gasteiger partial charge in [-0.2, -0.15) is 0 Å². The SMILES string of the molecule is CCc1ccc(C(=O)Nc2ccc3c(c2)OCO3)s1. The van der Waals surface area contributed by atoms with E-state index in [1.807, 2.05) is 12.1 Å². The van der Waals surface area contributed by atoms with Crippen molar-refractivity contribution in [1.82, 2.24) is 0 Å². The van der Waals surface area contributed by atoms with E-state index < -0.39 is 0 Å². The van der Waals surface area contributed by atoms with Crippen molar-refractivity contribution in [3.8, 4) is 11.5 Å². The average molecular weight is 275 g/mol. The van der Waals surface area contributed by atoms with E-state index in [0.29, 0.717) is 17.2 Å². The maximum atomic E-state index is 12.1. The molecule has 2 aromatic rings. The number of thiophene rings is 1. The highest BCUT2D eigenvalue weighted by Gasteiger charge is 2.15. The van der Waals surface area contributed by atoms with Crippen LogP contribution in [0, 0.1) is 0 Å². The fraction of sp³-hybridized carbons (Fsp3) is 0.214. The number of anilines is 1. The number of amides is 1. The number of hydrogen-bond acceptors (Lipinski definition) is 4. The Morgan fingerprint density at radius 2 is 2.11 bits per heavy atom. The van der Waals surface area contributed by atoms with Crippen LogP contribution in [0.2, 0.25) is 0 Å². The molecule has 3 rings (SSSR count). The third-order valence-electron chi connectivity index (χ3n) is 2.86. The smallest absolute Gasteiger partial charge is 0.265 e. The Bertz CT molecular complexity index is 621. The van der Waals surface area contributed by atoms with Crippen LogP contribution in [0.4, 0.5) is 5.69 Å². The number of ether oxygens (including phenoxy) is 2. The van der Waals surface area contributed by atoms with Gasteiger partial charge in [-0.25, -0.2) is 0 Å². The van der Waals surface area contributed by atoms with Crippen molar-refractivity contribution in [3.63, 3.8) is 0 Å². The number of carbonyl (C=O) groups is 1. The largest absolute Gasteiger partial charge is 0.454 e. The Balaban J connectivity index is 1.75. The summed E-state index contributed by atoms with van der Waals surface area (Å²) < 4.78 is 10.5. The Morgan fingerprint density at radius 1 is 1.26 bits per heavy atom. The molecule has 1 N–H and O–H groups in total. The van der Waals surface area contributed by atoms with Gasteiger partial charge in [0, 0.05) is 16.6 Å². The minimum atomic E-state index is -0.0939. The van der Waals surface area contributed by atoms with Gasteiger partial charge in [0.2, 0.25) is 6.79 Å². The quantitative estimate of drug-likeness (QED) is 0.935. The van der Waals surface area contributed by atoms with Gasteiger partial charge in [-0.15, -0.1) is 11.3 Å². The van der Waals surface area contributed by atoms with Crippen LogP contribution in [0.25, 0.3) is 0 Å². The monoisotopic (exact) mass is 275 g/mol. The molecule has 4 nitrogen and oxygen atoms in total. The van der Waals surface area contributed by atoms with E-state index >= 15 is 0 Å². The molecule has 1 aliphatic heterocycles. The molecule has 0 fully saturated rings. The lowest BCUT2D eigenvalue weighted by Crippen LogP contribution is -2.09. The third kappa shape index (κ3) is 2.42. The van der Waals surface area contributed by atoms with Crippen LogP contribution in [0.15, 0.2) is 30.3 Å². The summed E-state index contributed by atoms with van der Waals surface area (Å²) in [6.45, 7) is 2.31. The first kappa shape index (κ1) is 12.0. The molecule has 19 heavy (non-hydrogen) atoms. The van der Waals surface area contributed by atoms with E-state index in [9.17, 15) is 4.79 Å². The first-order valence-electron chi connectivity index (χ1n) is 6.06. The number of carbonyl (C=O) groups excluding carboxylic acids is 1. The minimum Gasteiger partial charge on any atom is -0.454 e. The maximum Gasteiger partial charge on any atom is 0.265 e. The second kappa shape index (κ2) is 4.93. The Labute approximate surface area is 115 Å². The van der Waals surface area contributed by atoms with Gasteiger partial charge in [0.25, 0.3) is 5.91 Å². The number of nitrogens with one attached hydrogen (secondary N) is 1. The van der Waals surface area contributed by atoms with Crippen molar-refractivity contribution in [1.29, 1.82) is 0 Å². The van der Waals surface area contributed by atoms with Crippen LogP contribution in [0.1, 0.15) is 21.5 Å². The first-order chi connectivity index (χ1) is 9.26. The third-order valence-corrected chi connectivity index (χ3v) is 4.09. The predicted octanol–water partition coefficient (Wildman–Crippen LogP) is 3.29. The van der Waals surface area contributed by atoms with Gasteiger partial charge < -0.3 is 14.8 Å². The van der Waals surface area contributed by atoms with Gasteiger partial charge in [-0.1, -0.05) is 6.92 Å². The second-order valence-electron chi connectivity index (χ2n) is 4.14. The Kier molecular flexibility index (Phi) is 3.13. The number of aryl methyl sites for hydroxylation is 1. The highest BCUT2D eigenvalue weighted by Crippen LogP contribution is 2.34. The van der Waals surface area contributed by atoms with E-state index in [4.69, 9.17) is 9.47 Å². The van der Waals surface area contributed by atoms with Gasteiger partial charge in [-0.05, 0) is 30.7 Å². The van der Waals surface area contributed by atoms with Crippen molar-refractivity contribution in [2.75, 3.05) is 12.1 Å². The van der Waals surface area contributed by atoms with Crippen LogP contribution < -0.4 is 14.8 Å². The molecular formula is C14H13NO3S. The Hall–Kier alpha value is -2.01. The zero-order chi connectivity index (χ0) is 13.2. The molecule has 5 heteroatoms. The van der Waals surface area contributed by atoms with Crippen LogP contribution in [0.3, 0.4) is 0 Å². The highest BCUT2D eigenvalue weighted by molar-refractivity contribution is 7.14. The van der Waals surface area contributed by atoms with Gasteiger partial charge in [0.1, 0.15) is 0 Å². The van der Waals surface area contributed by atoms with Crippen molar-refractivity contribution in [2.45, 2.75) is 13.3 Å². The van der Waals surface area contributed by atoms with Gasteiger partial charge in [0.05, 0.1) is 4.88 Å². The first-order valence-corrected chi connectivity index (χ1v) is 6.87. The van der Waals surface area contributed by atoms with Gasteiger partial charge >= 0.3 is 0 Å². The van der Waals surface area contributed by atoms with Gasteiger partial charge in [0.15, 0.2) is 11.5 Å². The standard InChI is InChI=1S/C14H13NO3S/c1-2-10-4-6-13(19-10)14(16)15-9-3-5-11-12(7-9)18-8-17-11/h3-7H,2,8H2,1H3,(H,15,16). The highest BCUT2D eigenvalue weighted by atomic mass is 32.1. The van der Waals surface area contributed by atoms with Gasteiger partial charge in [-0.3, -0.25) is 4.79 Å². The van der Waals surface area contributed by atoms with Crippen molar-refractivity contribution in [2.24, 2.45) is 0 Å². The number of rotatable bonds is 3. The second-order valence-corrected chi connectivity index (χ2v) is 5.31. The topological polar surface area (TPSA) is 47.6 Å². The maximum absolute atomic E-state index is 12.1. The molecule has 0 radical (unpaired) electrons. The van der Waals surface area contributed by atoms with Crippen molar-refractivity contribution < 1.29 is 14.3 Å². The summed E-state index contributed by atoms with van der Waals surface area (Å²) in [7, 11) is 0. The fourth-order valence-electron chi connectivity index (χ4n) is 1.86. The molecule has 0 aliphatic carbocycles. The van der Waals surface area contributed by atoms with Crippen LogP contribution in [-0.4, -0.2) is 12.7 Å². The lowest BCUT2D eigenvalue weighted by Gasteiger charge is -2.04. The lowest BCUT2D eigenvalue weighted by atomic mass is 10.2. The zero-order valence-electron chi connectivity index (χ0n) is 10.4. The average Bonchev–Trinajstić information content (AvgIpc) is 3.06. The molecule has 0 saturated carbocycles. The van der Waals surface area contributed by atoms with Crippen molar-refractivity contribution in [3.05, 3.63) is 40.1 Å². The van der Waals surface area contributed by atoms with E-state index in [1.54, 1.807) is 18.2 Å². The number of fused-ring (bicyclic) bond motifs is 1. The van der Waals surface area contributed by atoms with E-state index in [2.05, 4.69) is 12.2 Å². The summed E-state index contributed by atoms with van der Waals surface area (Å²) >= 11 is 1.52. The fourth-order valence-corrected chi connectivity index (χ4v) is 2.70. The summed E-state index contributed by atoms with van der Waals surface area (Å²) in [5, 5.41) is 2.86. The van der Waals surface area contributed by atoms with E-state index in [0.717, 1.165) is 11.3 Å². The number of benzene rings is 1. The Morgan fingerprint density at radius 3 is 2.89 bits per heavy atom. The molecule has 1 aromatic carbocycles. The molecule has 0 unspecified atom stereocenters. The molecule has 1 aromatic heterocycles. The lowest BCUT2D eigenvalue weighted by molar-refractivity contribution is 0.103. The van der Waals surface area contributed by atoms with Crippen molar-refractivity contribution >= 4 is 22.9 Å². The molecule has 0 spiro atoms. The van der Waals surface area contributed by atoms with Crippen LogP contribution >= 0.6 is 11.3 Å². The molecule has 0 bridgehead atoms. The molecular weight excluding hydrogens is 262 g/mol. The molecule has 1 aliphatic rings. The molecule has 0 saturated heterocycles. The summed E-state index contributed by atoms with van der Waals surface area (Å²) in [5.41, 5.74) is 0.709.